The van der Waals surface area contributed by atoms with Gasteiger partial charge in [0, 0.05) is 10.1 Å². The summed E-state index contributed by atoms with van der Waals surface area (Å²) in [6.07, 6.45) is 0. The number of thioether (sulfide) groups is 1. The number of rotatable bonds is 4. The van der Waals surface area contributed by atoms with E-state index in [1.165, 1.54) is 0 Å². The summed E-state index contributed by atoms with van der Waals surface area (Å²) in [6.45, 7) is 4.24. The van der Waals surface area contributed by atoms with Gasteiger partial charge < -0.3 is 10.8 Å². The van der Waals surface area contributed by atoms with Crippen molar-refractivity contribution in [3.8, 4) is 11.1 Å². The number of nitrogens with zero attached hydrogens (tertiary/aromatic N) is 1. The van der Waals surface area contributed by atoms with E-state index in [0.717, 1.165) is 10.5 Å². The molecule has 0 saturated heterocycles. The molecule has 5 nitrogen and oxygen atoms in total. The summed E-state index contributed by atoms with van der Waals surface area (Å²) in [7, 11) is 0. The Morgan fingerprint density at radius 3 is 2.53 bits per heavy atom. The normalized spacial score (nSPS) is 10.9. The number of nitrogens with two attached hydrogens (primary N) is 1. The Balaban J connectivity index is 2.37. The molecule has 0 aliphatic rings. The van der Waals surface area contributed by atoms with Gasteiger partial charge >= 0.3 is 5.97 Å². The second-order valence-electron chi connectivity index (χ2n) is 4.35. The fourth-order valence-electron chi connectivity index (χ4n) is 1.78. The van der Waals surface area contributed by atoms with Crippen LogP contribution in [-0.2, 0) is 0 Å². The van der Waals surface area contributed by atoms with Gasteiger partial charge in [-0.3, -0.25) is 5.10 Å². The minimum atomic E-state index is -1.07. The van der Waals surface area contributed by atoms with Crippen molar-refractivity contribution in [2.45, 2.75) is 24.0 Å². The molecule has 0 bridgehead atoms. The molecule has 4 N–H and O–H groups in total. The first kappa shape index (κ1) is 13.5. The molecule has 0 aliphatic carbocycles. The zero-order valence-corrected chi connectivity index (χ0v) is 11.5. The molecule has 100 valence electrons. The minimum Gasteiger partial charge on any atom is -0.477 e. The van der Waals surface area contributed by atoms with Crippen LogP contribution in [0, 0.1) is 0 Å². The number of carboxylic acids is 1. The van der Waals surface area contributed by atoms with Crippen molar-refractivity contribution in [1.29, 1.82) is 0 Å². The van der Waals surface area contributed by atoms with Crippen LogP contribution in [-0.4, -0.2) is 26.5 Å². The van der Waals surface area contributed by atoms with Gasteiger partial charge in [0.25, 0.3) is 0 Å². The van der Waals surface area contributed by atoms with Crippen molar-refractivity contribution in [2.24, 2.45) is 0 Å². The molecule has 0 amide bonds. The van der Waals surface area contributed by atoms with E-state index in [1.807, 2.05) is 24.3 Å². The molecule has 1 heterocycles. The molecule has 0 fully saturated rings. The fourth-order valence-corrected chi connectivity index (χ4v) is 2.61. The maximum Gasteiger partial charge on any atom is 0.354 e. The maximum absolute atomic E-state index is 11.1. The first-order chi connectivity index (χ1) is 8.99. The van der Waals surface area contributed by atoms with E-state index in [0.29, 0.717) is 10.8 Å². The number of aromatic amines is 1. The lowest BCUT2D eigenvalue weighted by Gasteiger charge is -2.06. The Bertz CT molecular complexity index is 590. The largest absolute Gasteiger partial charge is 0.477 e. The van der Waals surface area contributed by atoms with E-state index in [1.54, 1.807) is 11.8 Å². The third-order valence-corrected chi connectivity index (χ3v) is 3.54. The number of hydrogen-bond acceptors (Lipinski definition) is 4. The number of aromatic carboxylic acids is 1. The summed E-state index contributed by atoms with van der Waals surface area (Å²) in [5.41, 5.74) is 6.92. The summed E-state index contributed by atoms with van der Waals surface area (Å²) in [5, 5.41) is 15.8. The van der Waals surface area contributed by atoms with Gasteiger partial charge in [0.2, 0.25) is 0 Å². The monoisotopic (exact) mass is 277 g/mol. The zero-order chi connectivity index (χ0) is 14.0. The van der Waals surface area contributed by atoms with Gasteiger partial charge in [0.05, 0.1) is 5.56 Å². The van der Waals surface area contributed by atoms with Crippen LogP contribution >= 0.6 is 11.8 Å². The Hall–Kier alpha value is -1.95. The Morgan fingerprint density at radius 1 is 1.37 bits per heavy atom. The molecule has 2 rings (SSSR count). The number of hydrogen-bond donors (Lipinski definition) is 3. The molecule has 1 aromatic heterocycles. The molecule has 0 unspecified atom stereocenters. The number of anilines is 1. The second kappa shape index (κ2) is 5.36. The molecule has 0 radical (unpaired) electrons. The molecule has 0 aliphatic heterocycles. The van der Waals surface area contributed by atoms with Crippen LogP contribution < -0.4 is 5.73 Å². The summed E-state index contributed by atoms with van der Waals surface area (Å²) >= 11 is 1.75. The lowest BCUT2D eigenvalue weighted by atomic mass is 10.1. The van der Waals surface area contributed by atoms with Gasteiger partial charge in [-0.25, -0.2) is 4.79 Å². The summed E-state index contributed by atoms with van der Waals surface area (Å²) in [6, 6.07) is 7.63. The average molecular weight is 277 g/mol. The van der Waals surface area contributed by atoms with Crippen molar-refractivity contribution in [1.82, 2.24) is 10.2 Å². The van der Waals surface area contributed by atoms with Crippen molar-refractivity contribution in [3.63, 3.8) is 0 Å². The van der Waals surface area contributed by atoms with Gasteiger partial charge in [-0.05, 0) is 17.7 Å². The summed E-state index contributed by atoms with van der Waals surface area (Å²) in [4.78, 5) is 12.2. The third kappa shape index (κ3) is 2.90. The van der Waals surface area contributed by atoms with E-state index in [-0.39, 0.29) is 11.5 Å². The third-order valence-electron chi connectivity index (χ3n) is 2.52. The van der Waals surface area contributed by atoms with Gasteiger partial charge in [-0.15, -0.1) is 11.8 Å². The van der Waals surface area contributed by atoms with Crippen LogP contribution in [0.5, 0.6) is 0 Å². The number of nitrogen functional groups attached to an aromatic ring is 1. The van der Waals surface area contributed by atoms with Crippen LogP contribution in [0.15, 0.2) is 29.2 Å². The molecular weight excluding hydrogens is 262 g/mol. The van der Waals surface area contributed by atoms with Crippen LogP contribution in [0.25, 0.3) is 11.1 Å². The van der Waals surface area contributed by atoms with Crippen LogP contribution in [0.3, 0.4) is 0 Å². The topological polar surface area (TPSA) is 92.0 Å². The predicted octanol–water partition coefficient (Wildman–Crippen LogP) is 2.86. The summed E-state index contributed by atoms with van der Waals surface area (Å²) < 4.78 is 0. The first-order valence-electron chi connectivity index (χ1n) is 5.83. The SMILES string of the molecule is CC(C)Sc1ccc(-c2c(N)n[nH]c2C(=O)O)cc1. The second-order valence-corrected chi connectivity index (χ2v) is 6.00. The van der Waals surface area contributed by atoms with Crippen LogP contribution in [0.4, 0.5) is 5.82 Å². The Kier molecular flexibility index (Phi) is 3.80. The van der Waals surface area contributed by atoms with E-state index in [9.17, 15) is 4.79 Å². The van der Waals surface area contributed by atoms with E-state index >= 15 is 0 Å². The molecule has 2 aromatic rings. The first-order valence-corrected chi connectivity index (χ1v) is 6.71. The smallest absolute Gasteiger partial charge is 0.354 e. The quantitative estimate of drug-likeness (QED) is 0.747. The van der Waals surface area contributed by atoms with Gasteiger partial charge in [-0.2, -0.15) is 5.10 Å². The lowest BCUT2D eigenvalue weighted by molar-refractivity contribution is 0.0691. The number of carboxylic acid groups (broad SMARTS) is 1. The molecule has 0 spiro atoms. The van der Waals surface area contributed by atoms with Gasteiger partial charge in [-0.1, -0.05) is 26.0 Å². The van der Waals surface area contributed by atoms with Crippen molar-refractivity contribution >= 4 is 23.5 Å². The standard InChI is InChI=1S/C13H15N3O2S/c1-7(2)19-9-5-3-8(4-6-9)10-11(13(17)18)15-16-12(10)14/h3-7H,1-2H3,(H,17,18)(H3,14,15,16). The molecule has 0 saturated carbocycles. The zero-order valence-electron chi connectivity index (χ0n) is 10.7. The molecule has 6 heteroatoms. The van der Waals surface area contributed by atoms with Gasteiger partial charge in [0.15, 0.2) is 11.5 Å². The maximum atomic E-state index is 11.1. The predicted molar refractivity (Wildman–Crippen MR) is 76.4 cm³/mol. The average Bonchev–Trinajstić information content (AvgIpc) is 2.71. The Morgan fingerprint density at radius 2 is 2.00 bits per heavy atom. The van der Waals surface area contributed by atoms with Crippen LogP contribution in [0.1, 0.15) is 24.3 Å². The highest BCUT2D eigenvalue weighted by molar-refractivity contribution is 7.99. The Labute approximate surface area is 115 Å². The highest BCUT2D eigenvalue weighted by Crippen LogP contribution is 2.30. The van der Waals surface area contributed by atoms with E-state index in [4.69, 9.17) is 10.8 Å². The number of carbonyl (C=O) groups is 1. The highest BCUT2D eigenvalue weighted by Gasteiger charge is 2.18. The summed E-state index contributed by atoms with van der Waals surface area (Å²) in [5.74, 6) is -0.874. The van der Waals surface area contributed by atoms with E-state index in [2.05, 4.69) is 24.0 Å². The highest BCUT2D eigenvalue weighted by atomic mass is 32.2. The molecule has 1 aromatic carbocycles. The fraction of sp³-hybridized carbons (Fsp3) is 0.231. The number of H-pyrrole nitrogens is 1. The van der Waals surface area contributed by atoms with Crippen molar-refractivity contribution in [2.75, 3.05) is 5.73 Å². The molecular formula is C13H15N3O2S. The molecule has 0 atom stereocenters. The van der Waals surface area contributed by atoms with Crippen LogP contribution in [0.2, 0.25) is 0 Å². The molecule has 19 heavy (non-hydrogen) atoms. The number of nitrogens with one attached hydrogen (secondary N) is 1. The minimum absolute atomic E-state index is 0.0155. The van der Waals surface area contributed by atoms with E-state index < -0.39 is 5.97 Å². The van der Waals surface area contributed by atoms with Gasteiger partial charge in [0.1, 0.15) is 0 Å². The van der Waals surface area contributed by atoms with Crippen molar-refractivity contribution in [3.05, 3.63) is 30.0 Å². The number of benzene rings is 1. The van der Waals surface area contributed by atoms with Crippen molar-refractivity contribution < 1.29 is 9.90 Å². The lowest BCUT2D eigenvalue weighted by Crippen LogP contribution is -1.99. The number of aromatic nitrogens is 2.